The van der Waals surface area contributed by atoms with Crippen LogP contribution in [0.4, 0.5) is 0 Å². The Bertz CT molecular complexity index is 1490. The van der Waals surface area contributed by atoms with E-state index in [1.807, 2.05) is 79.7 Å². The van der Waals surface area contributed by atoms with Crippen LogP contribution in [0.15, 0.2) is 95.3 Å². The molecule has 2 unspecified atom stereocenters. The minimum absolute atomic E-state index is 0.0118. The highest BCUT2D eigenvalue weighted by Gasteiger charge is 2.41. The minimum Gasteiger partial charge on any atom is -0.493 e. The number of allylic oxidation sites excluding steroid dienone is 3. The van der Waals surface area contributed by atoms with E-state index in [2.05, 4.69) is 5.32 Å². The molecule has 1 heterocycles. The molecule has 3 aromatic carbocycles. The third-order valence-electron chi connectivity index (χ3n) is 7.37. The molecule has 1 N–H and O–H groups in total. The predicted molar refractivity (Wildman–Crippen MR) is 152 cm³/mol. The van der Waals surface area contributed by atoms with Gasteiger partial charge in [0, 0.05) is 29.3 Å². The molecule has 0 aromatic heterocycles. The number of carbonyl (C=O) groups excluding carboxylic acids is 2. The fourth-order valence-electron chi connectivity index (χ4n) is 5.58. The molecule has 7 nitrogen and oxygen atoms in total. The summed E-state index contributed by atoms with van der Waals surface area (Å²) in [6.07, 6.45) is 0.919. The molecule has 0 spiro atoms. The summed E-state index contributed by atoms with van der Waals surface area (Å²) in [5, 5.41) is 3.39. The Kier molecular flexibility index (Phi) is 7.91. The molecule has 2 atom stereocenters. The smallest absolute Gasteiger partial charge is 0.336 e. The summed E-state index contributed by atoms with van der Waals surface area (Å²) in [4.78, 5) is 27.2. The number of benzene rings is 3. The maximum absolute atomic E-state index is 13.9. The number of ether oxygens (including phenoxy) is 4. The van der Waals surface area contributed by atoms with Crippen LogP contribution in [0.2, 0.25) is 0 Å². The quantitative estimate of drug-likeness (QED) is 0.331. The fraction of sp³-hybridized carbons (Fsp3) is 0.273. The molecule has 0 radical (unpaired) electrons. The number of hydrogen-bond donors (Lipinski definition) is 1. The number of Topliss-reactive ketones (excluding diaryl/α,β-unsaturated/α-hetero) is 1. The molecule has 1 aliphatic heterocycles. The first kappa shape index (κ1) is 27.1. The van der Waals surface area contributed by atoms with Crippen molar-refractivity contribution in [1.29, 1.82) is 0 Å². The van der Waals surface area contributed by atoms with E-state index in [9.17, 15) is 9.59 Å². The van der Waals surface area contributed by atoms with Crippen LogP contribution in [-0.2, 0) is 14.3 Å². The van der Waals surface area contributed by atoms with Crippen LogP contribution in [0.5, 0.6) is 23.0 Å². The van der Waals surface area contributed by atoms with E-state index >= 15 is 0 Å². The number of dihydropyridines is 1. The van der Waals surface area contributed by atoms with E-state index in [-0.39, 0.29) is 18.3 Å². The van der Waals surface area contributed by atoms with Crippen molar-refractivity contribution in [3.05, 3.63) is 106 Å². The average Bonchev–Trinajstić information content (AvgIpc) is 2.96. The molecule has 0 amide bonds. The van der Waals surface area contributed by atoms with E-state index in [0.717, 1.165) is 16.8 Å². The molecule has 2 aliphatic rings. The van der Waals surface area contributed by atoms with Crippen LogP contribution in [0.25, 0.3) is 0 Å². The van der Waals surface area contributed by atoms with Gasteiger partial charge in [-0.1, -0.05) is 36.4 Å². The zero-order valence-corrected chi connectivity index (χ0v) is 23.2. The van der Waals surface area contributed by atoms with E-state index in [0.29, 0.717) is 52.7 Å². The van der Waals surface area contributed by atoms with Crippen molar-refractivity contribution in [3.8, 4) is 23.0 Å². The Labute approximate surface area is 234 Å². The van der Waals surface area contributed by atoms with Crippen molar-refractivity contribution < 1.29 is 28.5 Å². The predicted octanol–water partition coefficient (Wildman–Crippen LogP) is 6.42. The number of hydrogen-bond acceptors (Lipinski definition) is 7. The molecule has 0 saturated carbocycles. The molecule has 5 rings (SSSR count). The van der Waals surface area contributed by atoms with Gasteiger partial charge in [0.05, 0.1) is 26.4 Å². The summed E-state index contributed by atoms with van der Waals surface area (Å²) in [5.41, 5.74) is 4.32. The lowest BCUT2D eigenvalue weighted by Gasteiger charge is -2.36. The maximum Gasteiger partial charge on any atom is 0.336 e. The summed E-state index contributed by atoms with van der Waals surface area (Å²) in [5.74, 6) is 1.51. The van der Waals surface area contributed by atoms with Crippen molar-refractivity contribution in [1.82, 2.24) is 5.32 Å². The number of nitrogens with one attached hydrogen (secondary N) is 1. The van der Waals surface area contributed by atoms with Gasteiger partial charge in [0.1, 0.15) is 11.5 Å². The molecule has 40 heavy (non-hydrogen) atoms. The Hall–Kier alpha value is -4.52. The summed E-state index contributed by atoms with van der Waals surface area (Å²) in [7, 11) is 3.20. The van der Waals surface area contributed by atoms with Crippen LogP contribution in [-0.4, -0.2) is 32.6 Å². The van der Waals surface area contributed by atoms with E-state index in [1.54, 1.807) is 21.1 Å². The first-order valence-corrected chi connectivity index (χ1v) is 13.4. The lowest BCUT2D eigenvalue weighted by Crippen LogP contribution is -2.36. The van der Waals surface area contributed by atoms with Crippen molar-refractivity contribution in [3.63, 3.8) is 0 Å². The Balaban J connectivity index is 1.55. The summed E-state index contributed by atoms with van der Waals surface area (Å²) in [6, 6.07) is 22.8. The highest BCUT2D eigenvalue weighted by molar-refractivity contribution is 6.04. The van der Waals surface area contributed by atoms with Gasteiger partial charge in [0.15, 0.2) is 17.3 Å². The second kappa shape index (κ2) is 11.7. The molecule has 1 aliphatic carbocycles. The number of esters is 1. The van der Waals surface area contributed by atoms with Crippen LogP contribution < -0.4 is 19.5 Å². The number of ketones is 1. The summed E-state index contributed by atoms with van der Waals surface area (Å²) < 4.78 is 22.4. The number of carbonyl (C=O) groups is 2. The standard InChI is InChI=1S/C33H33NO6/c1-5-39-33(36)30-20(2)34-26-17-23(21-14-15-28(37-3)29(19-21)38-4)18-27(35)32(26)31(30)22-10-9-13-25(16-22)40-24-11-7-6-8-12-24/h6-16,19,23,31,34H,5,17-18H2,1-4H3. The minimum atomic E-state index is -0.575. The van der Waals surface area contributed by atoms with Gasteiger partial charge in [0.25, 0.3) is 0 Å². The third kappa shape index (κ3) is 5.32. The van der Waals surface area contributed by atoms with Crippen LogP contribution in [0.3, 0.4) is 0 Å². The Morgan fingerprint density at radius 2 is 1.62 bits per heavy atom. The molecule has 0 bridgehead atoms. The summed E-state index contributed by atoms with van der Waals surface area (Å²) in [6.45, 7) is 3.87. The summed E-state index contributed by atoms with van der Waals surface area (Å²) >= 11 is 0. The second-order valence-electron chi connectivity index (χ2n) is 9.84. The fourth-order valence-corrected chi connectivity index (χ4v) is 5.58. The van der Waals surface area contributed by atoms with Gasteiger partial charge in [-0.15, -0.1) is 0 Å². The van der Waals surface area contributed by atoms with Gasteiger partial charge in [-0.3, -0.25) is 4.79 Å². The van der Waals surface area contributed by atoms with Gasteiger partial charge in [-0.25, -0.2) is 4.79 Å². The lowest BCUT2D eigenvalue weighted by atomic mass is 9.71. The van der Waals surface area contributed by atoms with E-state index < -0.39 is 11.9 Å². The first-order valence-electron chi connectivity index (χ1n) is 13.4. The molecule has 206 valence electrons. The molecule has 7 heteroatoms. The lowest BCUT2D eigenvalue weighted by molar-refractivity contribution is -0.138. The van der Waals surface area contributed by atoms with Crippen molar-refractivity contribution in [2.24, 2.45) is 0 Å². The Morgan fingerprint density at radius 3 is 2.35 bits per heavy atom. The molecular formula is C33H33NO6. The van der Waals surface area contributed by atoms with Crippen LogP contribution in [0, 0.1) is 0 Å². The molecule has 0 fully saturated rings. The number of methoxy groups -OCH3 is 2. The van der Waals surface area contributed by atoms with Gasteiger partial charge in [-0.2, -0.15) is 0 Å². The number of para-hydroxylation sites is 1. The van der Waals surface area contributed by atoms with Crippen molar-refractivity contribution in [2.45, 2.75) is 38.5 Å². The van der Waals surface area contributed by atoms with Crippen LogP contribution in [0.1, 0.15) is 49.7 Å². The van der Waals surface area contributed by atoms with Gasteiger partial charge < -0.3 is 24.3 Å². The maximum atomic E-state index is 13.9. The third-order valence-corrected chi connectivity index (χ3v) is 7.37. The van der Waals surface area contributed by atoms with Gasteiger partial charge >= 0.3 is 5.97 Å². The monoisotopic (exact) mass is 539 g/mol. The van der Waals surface area contributed by atoms with Crippen LogP contribution >= 0.6 is 0 Å². The van der Waals surface area contributed by atoms with Crippen molar-refractivity contribution >= 4 is 11.8 Å². The SMILES string of the molecule is CCOC(=O)C1=C(C)NC2=C(C(=O)CC(c3ccc(OC)c(OC)c3)C2)C1c1cccc(Oc2ccccc2)c1. The molecular weight excluding hydrogens is 506 g/mol. The largest absolute Gasteiger partial charge is 0.493 e. The van der Waals surface area contributed by atoms with Crippen molar-refractivity contribution in [2.75, 3.05) is 20.8 Å². The van der Waals surface area contributed by atoms with Gasteiger partial charge in [0.2, 0.25) is 0 Å². The normalized spacial score (nSPS) is 18.6. The van der Waals surface area contributed by atoms with E-state index in [4.69, 9.17) is 18.9 Å². The van der Waals surface area contributed by atoms with Gasteiger partial charge in [-0.05, 0) is 73.7 Å². The number of rotatable bonds is 8. The second-order valence-corrected chi connectivity index (χ2v) is 9.84. The van der Waals surface area contributed by atoms with E-state index in [1.165, 1.54) is 0 Å². The first-order chi connectivity index (χ1) is 19.4. The highest BCUT2D eigenvalue weighted by atomic mass is 16.5. The zero-order chi connectivity index (χ0) is 28.2. The Morgan fingerprint density at radius 1 is 0.875 bits per heavy atom. The topological polar surface area (TPSA) is 83.1 Å². The average molecular weight is 540 g/mol. The molecule has 0 saturated heterocycles. The zero-order valence-electron chi connectivity index (χ0n) is 23.2. The molecule has 3 aromatic rings. The highest BCUT2D eigenvalue weighted by Crippen LogP contribution is 2.47.